The van der Waals surface area contributed by atoms with Crippen LogP contribution in [0.15, 0.2) is 16.5 Å². The lowest BCUT2D eigenvalue weighted by atomic mass is 10.1. The highest BCUT2D eigenvalue weighted by Crippen LogP contribution is 2.39. The number of pyridine rings is 1. The van der Waals surface area contributed by atoms with Gasteiger partial charge in [0.05, 0.1) is 17.0 Å². The van der Waals surface area contributed by atoms with Crippen molar-refractivity contribution in [3.63, 3.8) is 0 Å². The van der Waals surface area contributed by atoms with E-state index in [0.717, 1.165) is 17.1 Å². The summed E-state index contributed by atoms with van der Waals surface area (Å²) in [5.41, 5.74) is 3.10. The number of ether oxygens (including phenoxy) is 1. The van der Waals surface area contributed by atoms with Crippen molar-refractivity contribution in [2.45, 2.75) is 46.1 Å². The topological polar surface area (TPSA) is 65.2 Å². The van der Waals surface area contributed by atoms with Crippen LogP contribution in [0.1, 0.15) is 57.9 Å². The highest BCUT2D eigenvalue weighted by molar-refractivity contribution is 5.90. The van der Waals surface area contributed by atoms with Crippen LogP contribution in [0.2, 0.25) is 0 Å². The lowest BCUT2D eigenvalue weighted by Gasteiger charge is -2.06. The van der Waals surface area contributed by atoms with Crippen molar-refractivity contribution in [2.24, 2.45) is 0 Å². The summed E-state index contributed by atoms with van der Waals surface area (Å²) in [5.74, 6) is 1.34. The van der Waals surface area contributed by atoms with Crippen LogP contribution in [-0.2, 0) is 11.3 Å². The molecular formula is C16H18N2O3. The quantitative estimate of drug-likeness (QED) is 0.807. The number of hydrogen-bond donors (Lipinski definition) is 0. The fourth-order valence-electron chi connectivity index (χ4n) is 2.21. The highest BCUT2D eigenvalue weighted by Gasteiger charge is 2.26. The van der Waals surface area contributed by atoms with Crippen molar-refractivity contribution < 1.29 is 13.9 Å². The molecule has 0 saturated heterocycles. The van der Waals surface area contributed by atoms with E-state index in [1.165, 1.54) is 12.8 Å². The van der Waals surface area contributed by atoms with Gasteiger partial charge in [-0.25, -0.2) is 9.78 Å². The molecule has 5 heteroatoms. The summed E-state index contributed by atoms with van der Waals surface area (Å²) in [5, 5.41) is 0. The molecule has 0 radical (unpaired) electrons. The Bertz CT molecular complexity index is 667. The van der Waals surface area contributed by atoms with Crippen LogP contribution >= 0.6 is 0 Å². The number of hydrogen-bond acceptors (Lipinski definition) is 5. The molecule has 1 fully saturated rings. The summed E-state index contributed by atoms with van der Waals surface area (Å²) in [7, 11) is 0. The van der Waals surface area contributed by atoms with E-state index in [4.69, 9.17) is 9.15 Å². The summed E-state index contributed by atoms with van der Waals surface area (Å²) in [6.45, 7) is 5.56. The molecule has 5 nitrogen and oxygen atoms in total. The molecule has 1 aliphatic rings. The van der Waals surface area contributed by atoms with Crippen LogP contribution in [0, 0.1) is 20.8 Å². The summed E-state index contributed by atoms with van der Waals surface area (Å²) < 4.78 is 10.6. The van der Waals surface area contributed by atoms with Crippen LogP contribution in [0.4, 0.5) is 0 Å². The van der Waals surface area contributed by atoms with Gasteiger partial charge in [0.25, 0.3) is 0 Å². The summed E-state index contributed by atoms with van der Waals surface area (Å²) in [6.07, 6.45) is 2.39. The van der Waals surface area contributed by atoms with Gasteiger partial charge in [-0.1, -0.05) is 0 Å². The van der Waals surface area contributed by atoms with Crippen LogP contribution in [0.5, 0.6) is 0 Å². The first-order valence-electron chi connectivity index (χ1n) is 7.12. The van der Waals surface area contributed by atoms with Gasteiger partial charge in [-0.2, -0.15) is 0 Å². The second-order valence-electron chi connectivity index (χ2n) is 5.47. The molecule has 1 saturated carbocycles. The molecule has 2 heterocycles. The molecule has 0 aliphatic heterocycles. The lowest BCUT2D eigenvalue weighted by molar-refractivity contribution is 0.0435. The third kappa shape index (κ3) is 2.96. The van der Waals surface area contributed by atoms with Gasteiger partial charge in [-0.05, 0) is 45.7 Å². The average Bonchev–Trinajstić information content (AvgIpc) is 3.24. The fraction of sp³-hybridized carbons (Fsp3) is 0.438. The molecule has 0 aromatic carbocycles. The van der Waals surface area contributed by atoms with Crippen molar-refractivity contribution in [2.75, 3.05) is 0 Å². The molecule has 21 heavy (non-hydrogen) atoms. The van der Waals surface area contributed by atoms with E-state index in [1.54, 1.807) is 6.07 Å². The van der Waals surface area contributed by atoms with Gasteiger partial charge in [0.1, 0.15) is 5.76 Å². The van der Waals surface area contributed by atoms with Gasteiger partial charge in [0, 0.05) is 11.6 Å². The Morgan fingerprint density at radius 2 is 2.00 bits per heavy atom. The van der Waals surface area contributed by atoms with Gasteiger partial charge < -0.3 is 9.15 Å². The Labute approximate surface area is 123 Å². The SMILES string of the molecule is Cc1nc(C2CC2)ccc1C(=O)OCc1nc(C)c(C)o1. The van der Waals surface area contributed by atoms with E-state index in [-0.39, 0.29) is 6.61 Å². The van der Waals surface area contributed by atoms with Gasteiger partial charge >= 0.3 is 5.97 Å². The normalized spacial score (nSPS) is 14.2. The van der Waals surface area contributed by atoms with E-state index >= 15 is 0 Å². The molecular weight excluding hydrogens is 268 g/mol. The second kappa shape index (κ2) is 5.31. The number of carbonyl (C=O) groups is 1. The minimum absolute atomic E-state index is 0.0390. The summed E-state index contributed by atoms with van der Waals surface area (Å²) >= 11 is 0. The molecule has 0 unspecified atom stereocenters. The van der Waals surface area contributed by atoms with E-state index in [9.17, 15) is 4.79 Å². The van der Waals surface area contributed by atoms with Gasteiger partial charge in [0.15, 0.2) is 6.61 Å². The summed E-state index contributed by atoms with van der Waals surface area (Å²) in [6, 6.07) is 3.71. The van der Waals surface area contributed by atoms with Gasteiger partial charge in [-0.3, -0.25) is 4.98 Å². The average molecular weight is 286 g/mol. The predicted molar refractivity (Wildman–Crippen MR) is 76.0 cm³/mol. The lowest BCUT2D eigenvalue weighted by Crippen LogP contribution is -2.09. The Kier molecular flexibility index (Phi) is 3.49. The molecule has 110 valence electrons. The van der Waals surface area contributed by atoms with E-state index in [0.29, 0.717) is 23.1 Å². The first kappa shape index (κ1) is 13.8. The Hall–Kier alpha value is -2.17. The molecule has 0 N–H and O–H groups in total. The van der Waals surface area contributed by atoms with Crippen LogP contribution in [-0.4, -0.2) is 15.9 Å². The minimum Gasteiger partial charge on any atom is -0.452 e. The zero-order chi connectivity index (χ0) is 15.0. The predicted octanol–water partition coefficient (Wildman–Crippen LogP) is 3.23. The first-order chi connectivity index (χ1) is 10.0. The maximum atomic E-state index is 12.1. The van der Waals surface area contributed by atoms with E-state index in [2.05, 4.69) is 9.97 Å². The molecule has 2 aromatic rings. The smallest absolute Gasteiger partial charge is 0.340 e. The zero-order valence-corrected chi connectivity index (χ0v) is 12.5. The molecule has 0 amide bonds. The van der Waals surface area contributed by atoms with E-state index < -0.39 is 5.97 Å². The Morgan fingerprint density at radius 3 is 2.57 bits per heavy atom. The molecule has 0 bridgehead atoms. The standard InChI is InChI=1S/C16H18N2O3/c1-9-11(3)21-15(18-9)8-20-16(19)13-6-7-14(12-4-5-12)17-10(13)2/h6-7,12H,4-5,8H2,1-3H3. The number of rotatable bonds is 4. The van der Waals surface area contributed by atoms with Crippen LogP contribution in [0.3, 0.4) is 0 Å². The number of oxazole rings is 1. The molecule has 1 aliphatic carbocycles. The first-order valence-corrected chi connectivity index (χ1v) is 7.12. The van der Waals surface area contributed by atoms with Crippen molar-refractivity contribution in [3.05, 3.63) is 46.4 Å². The number of esters is 1. The minimum atomic E-state index is -0.393. The van der Waals surface area contributed by atoms with Crippen LogP contribution in [0.25, 0.3) is 0 Å². The third-order valence-corrected chi connectivity index (χ3v) is 3.72. The van der Waals surface area contributed by atoms with Crippen molar-refractivity contribution in [1.82, 2.24) is 9.97 Å². The maximum absolute atomic E-state index is 12.1. The summed E-state index contributed by atoms with van der Waals surface area (Å²) in [4.78, 5) is 20.8. The number of aromatic nitrogens is 2. The van der Waals surface area contributed by atoms with Crippen molar-refractivity contribution >= 4 is 5.97 Å². The Balaban J connectivity index is 1.67. The molecule has 0 atom stereocenters. The second-order valence-corrected chi connectivity index (χ2v) is 5.47. The highest BCUT2D eigenvalue weighted by atomic mass is 16.5. The maximum Gasteiger partial charge on any atom is 0.340 e. The third-order valence-electron chi connectivity index (χ3n) is 3.72. The molecule has 2 aromatic heterocycles. The Morgan fingerprint density at radius 1 is 1.24 bits per heavy atom. The number of nitrogens with zero attached hydrogens (tertiary/aromatic N) is 2. The van der Waals surface area contributed by atoms with Crippen molar-refractivity contribution in [3.8, 4) is 0 Å². The van der Waals surface area contributed by atoms with E-state index in [1.807, 2.05) is 26.8 Å². The monoisotopic (exact) mass is 286 g/mol. The number of carbonyl (C=O) groups excluding carboxylic acids is 1. The largest absolute Gasteiger partial charge is 0.452 e. The van der Waals surface area contributed by atoms with Crippen LogP contribution < -0.4 is 0 Å². The molecule has 3 rings (SSSR count). The van der Waals surface area contributed by atoms with Crippen molar-refractivity contribution in [1.29, 1.82) is 0 Å². The molecule has 0 spiro atoms. The van der Waals surface area contributed by atoms with Gasteiger partial charge in [-0.15, -0.1) is 0 Å². The number of aryl methyl sites for hydroxylation is 3. The van der Waals surface area contributed by atoms with Gasteiger partial charge in [0.2, 0.25) is 5.89 Å². The zero-order valence-electron chi connectivity index (χ0n) is 12.5. The fourth-order valence-corrected chi connectivity index (χ4v) is 2.21.